The number of likely N-dealkylation sites (tertiary alicyclic amines) is 2. The number of pyridine rings is 1. The molecular formula is C93H202BrClF3N17O6S. The Hall–Kier alpha value is -2.66. The molecule has 2 amide bonds. The Labute approximate surface area is 770 Å². The van der Waals surface area contributed by atoms with E-state index in [0.29, 0.717) is 37.6 Å². The van der Waals surface area contributed by atoms with E-state index in [1.165, 1.54) is 135 Å². The van der Waals surface area contributed by atoms with Crippen LogP contribution in [0.5, 0.6) is 0 Å². The summed E-state index contributed by atoms with van der Waals surface area (Å²) in [6.45, 7) is 57.5. The molecule has 0 spiro atoms. The second-order valence-electron chi connectivity index (χ2n) is 28.9. The SMILES string of the molecule is CBr.CC.CC.CC(F)(F)F.CCC.CCC1CC1.CCCCC.CCCCNC.CCN(CC)CCOC.CCOCCOC.CCc1ccccc1.CCl.CN1CCNCC1.CNC1CCC(NC)CC1.CNC1CCN(C(=O)CN)C1.CNC1CN(C(=O)CCN2CCNCC2)C1.CNc1cccnc1.COCCN1CCN(C)CC1.CSC. The Morgan fingerprint density at radius 1 is 0.582 bits per heavy atom. The smallest absolute Gasteiger partial charge is 0.386 e. The molecule has 1 unspecified atom stereocenters. The molecule has 2 saturated carbocycles. The topological polar surface area (TPSA) is 229 Å². The van der Waals surface area contributed by atoms with Gasteiger partial charge in [0.15, 0.2) is 0 Å². The summed E-state index contributed by atoms with van der Waals surface area (Å²) in [4.78, 5) is 42.3. The number of nitrogens with one attached hydrogen (secondary N) is 8. The van der Waals surface area contributed by atoms with Gasteiger partial charge in [-0.15, -0.1) is 11.6 Å². The summed E-state index contributed by atoms with van der Waals surface area (Å²) < 4.78 is 50.7. The lowest BCUT2D eigenvalue weighted by atomic mass is 9.91. The first-order valence-electron chi connectivity index (χ1n) is 46.3. The van der Waals surface area contributed by atoms with Crippen LogP contribution in [0.1, 0.15) is 206 Å². The van der Waals surface area contributed by atoms with Crippen LogP contribution in [0, 0.1) is 5.92 Å². The number of aryl methyl sites for hydroxylation is 1. The second kappa shape index (κ2) is 116. The monoisotopic (exact) mass is 1860 g/mol. The van der Waals surface area contributed by atoms with E-state index < -0.39 is 6.18 Å². The number of halogens is 5. The molecule has 29 heteroatoms. The van der Waals surface area contributed by atoms with Gasteiger partial charge in [-0.25, -0.2) is 0 Å². The predicted octanol–water partition coefficient (Wildman–Crippen LogP) is 15.5. The van der Waals surface area contributed by atoms with Crippen molar-refractivity contribution in [3.05, 3.63) is 60.4 Å². The zero-order chi connectivity index (χ0) is 95.1. The fourth-order valence-corrected chi connectivity index (χ4v) is 10.8. The number of ether oxygens (including phenoxy) is 4. The first-order valence-corrected chi connectivity index (χ1v) is 50.3. The molecule has 23 nitrogen and oxygen atoms in total. The fourth-order valence-electron chi connectivity index (χ4n) is 10.8. The molecule has 10 N–H and O–H groups in total. The lowest BCUT2D eigenvalue weighted by Gasteiger charge is -2.39. The van der Waals surface area contributed by atoms with Crippen molar-refractivity contribution in [2.24, 2.45) is 11.7 Å². The molecule has 5 saturated heterocycles. The van der Waals surface area contributed by atoms with Crippen molar-refractivity contribution in [3.63, 3.8) is 0 Å². The van der Waals surface area contributed by atoms with Crippen LogP contribution in [-0.4, -0.2) is 367 Å². The number of alkyl halides is 5. The van der Waals surface area contributed by atoms with E-state index in [1.54, 1.807) is 50.4 Å². The van der Waals surface area contributed by atoms with Gasteiger partial charge in [0.25, 0.3) is 0 Å². The van der Waals surface area contributed by atoms with Gasteiger partial charge in [0.1, 0.15) is 0 Å². The van der Waals surface area contributed by atoms with E-state index in [9.17, 15) is 22.8 Å². The van der Waals surface area contributed by atoms with Gasteiger partial charge in [-0.3, -0.25) is 19.5 Å². The number of carbonyl (C=O) groups excluding carboxylic acids is 2. The fraction of sp³-hybridized carbons (Fsp3) is 0.860. The number of amides is 2. The van der Waals surface area contributed by atoms with Crippen LogP contribution >= 0.6 is 39.3 Å². The number of anilines is 1. The van der Waals surface area contributed by atoms with Crippen molar-refractivity contribution in [1.29, 1.82) is 0 Å². The molecule has 1 aromatic carbocycles. The molecule has 5 aliphatic heterocycles. The number of thioether (sulfide) groups is 1. The number of unbranched alkanes of at least 4 members (excludes halogenated alkanes) is 3. The van der Waals surface area contributed by atoms with Crippen molar-refractivity contribution in [3.8, 4) is 0 Å². The third kappa shape index (κ3) is 112. The van der Waals surface area contributed by atoms with Gasteiger partial charge in [0.2, 0.25) is 11.8 Å². The molecule has 1 aromatic heterocycles. The molecule has 0 bridgehead atoms. The van der Waals surface area contributed by atoms with Gasteiger partial charge >= 0.3 is 6.18 Å². The van der Waals surface area contributed by atoms with E-state index in [-0.39, 0.29) is 19.4 Å². The Bertz CT molecular complexity index is 2100. The summed E-state index contributed by atoms with van der Waals surface area (Å²) in [5, 5.41) is 25.6. The number of carbonyl (C=O) groups is 2. The minimum Gasteiger partial charge on any atom is -0.387 e. The second-order valence-corrected chi connectivity index (χ2v) is 29.7. The Kier molecular flexibility index (Phi) is 133. The molecule has 7 aliphatic rings. The highest BCUT2D eigenvalue weighted by molar-refractivity contribution is 9.08. The third-order valence-corrected chi connectivity index (χ3v) is 18.8. The van der Waals surface area contributed by atoms with Gasteiger partial charge in [-0.05, 0) is 163 Å². The minimum atomic E-state index is -4.00. The summed E-state index contributed by atoms with van der Waals surface area (Å²) >= 11 is 9.33. The maximum Gasteiger partial charge on any atom is 0.386 e. The van der Waals surface area contributed by atoms with Gasteiger partial charge in [-0.2, -0.15) is 24.9 Å². The largest absolute Gasteiger partial charge is 0.387 e. The zero-order valence-corrected chi connectivity index (χ0v) is 87.8. The van der Waals surface area contributed by atoms with E-state index in [4.69, 9.17) is 24.7 Å². The van der Waals surface area contributed by atoms with Crippen molar-refractivity contribution < 1.29 is 41.7 Å². The van der Waals surface area contributed by atoms with Gasteiger partial charge in [0.05, 0.1) is 38.7 Å². The van der Waals surface area contributed by atoms with Crippen LogP contribution in [0.25, 0.3) is 0 Å². The average molecular weight is 1860 g/mol. The first-order chi connectivity index (χ1) is 58.9. The number of benzene rings is 1. The summed E-state index contributed by atoms with van der Waals surface area (Å²) in [6.07, 6.45) is 25.6. The van der Waals surface area contributed by atoms with Crippen LogP contribution in [0.15, 0.2) is 54.9 Å². The minimum absolute atomic E-state index is 0.0581. The summed E-state index contributed by atoms with van der Waals surface area (Å²) in [6, 6.07) is 16.9. The molecule has 1 atom stereocenters. The van der Waals surface area contributed by atoms with Crippen LogP contribution in [0.3, 0.4) is 0 Å². The molecule has 0 radical (unpaired) electrons. The number of nitrogens with zero attached hydrogens (tertiary/aromatic N) is 8. The summed E-state index contributed by atoms with van der Waals surface area (Å²) in [5.74, 6) is 3.32. The standard InChI is InChI=1S/C11H22N4O.C8H18N2O.C8H18N2.C8H10.C7H15N3O.C7H17NO.C6H8N2.C5H12N2.C5H13N.C5H12O2.C5H10.C5H12.C3H8.C2H3F3.C2H6S.2C2H6.CH3Br.CH3Cl/c1-12-10-8-15(9-10)11(16)2-5-14-6-3-13-4-7-14;1-9-3-5-10(6-4-9)7-8-11-2;1-9-7-3-5-8(10-2)6-4-7;1-2-8-6-4-3-5-7-8;1-9-6-2-3-10(5-6)7(11)4-8;1-4-8(5-2)6-7-9-3;1-7-6-3-2-4-8-5-6;1-7-4-2-6-3-5-7;1-3-4-5-6-2;1-3-7-5-4-6-2;1-2-5-3-4-5;1-3-5-4-2;1-3-2;1-2(3,4)5;1-3-2;4*1-2/h10,12-13H,2-9H2,1H3;3-8H2,1-2H3;7-10H,3-6H2,1-2H3;3-7H,2H2,1H3;6,9H,2-5,8H2,1H3;4-7H2,1-3H3;2-5,7H,1H3;6H,2-5H2,1H3;6H,3-5H2,1-2H3;3-5H2,1-2H3;5H,2-4H2,1H3;3-5H2,1-2H3;3H2,1-2H3;1H3;1-2H3;2*1-2H3;2*1H3. The number of rotatable bonds is 28. The van der Waals surface area contributed by atoms with Crippen molar-refractivity contribution in [1.82, 2.24) is 76.5 Å². The molecule has 2 aromatic rings. The van der Waals surface area contributed by atoms with E-state index in [1.807, 2.05) is 104 Å². The van der Waals surface area contributed by atoms with Gasteiger partial charge in [0, 0.05) is 216 Å². The van der Waals surface area contributed by atoms with Crippen molar-refractivity contribution in [2.75, 3.05) is 291 Å². The zero-order valence-electron chi connectivity index (χ0n) is 84.6. The van der Waals surface area contributed by atoms with Crippen molar-refractivity contribution in [2.45, 2.75) is 237 Å². The quantitative estimate of drug-likeness (QED) is 0.0285. The highest BCUT2D eigenvalue weighted by Gasteiger charge is 2.29. The normalized spacial score (nSPS) is 16.7. The highest BCUT2D eigenvalue weighted by Crippen LogP contribution is 2.31. The van der Waals surface area contributed by atoms with Crippen LogP contribution in [-0.2, 0) is 35.0 Å². The van der Waals surface area contributed by atoms with E-state index in [2.05, 4.69) is 214 Å². The predicted molar refractivity (Wildman–Crippen MR) is 538 cm³/mol. The van der Waals surface area contributed by atoms with Crippen molar-refractivity contribution >= 4 is 56.8 Å². The van der Waals surface area contributed by atoms with Crippen LogP contribution in [0.4, 0.5) is 18.9 Å². The number of piperazine rings is 3. The lowest BCUT2D eigenvalue weighted by molar-refractivity contribution is -0.136. The molecule has 2 aliphatic carbocycles. The average Bonchev–Trinajstić information content (AvgIpc) is 1.36. The number of methoxy groups -OCH3 is 3. The maximum absolute atomic E-state index is 11.8. The van der Waals surface area contributed by atoms with E-state index >= 15 is 0 Å². The first kappa shape index (κ1) is 140. The third-order valence-electron chi connectivity index (χ3n) is 18.8. The van der Waals surface area contributed by atoms with Gasteiger partial charge < -0.3 is 96.6 Å². The summed E-state index contributed by atoms with van der Waals surface area (Å²) in [7, 11) is 21.3. The van der Waals surface area contributed by atoms with Gasteiger partial charge in [-0.1, -0.05) is 188 Å². The van der Waals surface area contributed by atoms with Crippen LogP contribution in [0.2, 0.25) is 0 Å². The Morgan fingerprint density at radius 3 is 1.33 bits per heavy atom. The maximum atomic E-state index is 11.8. The number of likely N-dealkylation sites (N-methyl/N-ethyl adjacent to an activating group) is 5. The number of nitrogens with two attached hydrogens (primary N) is 1. The van der Waals surface area contributed by atoms with Crippen LogP contribution < -0.4 is 48.3 Å². The Balaban J connectivity index is -0.000000139. The number of hydrogen-bond acceptors (Lipinski definition) is 22. The summed E-state index contributed by atoms with van der Waals surface area (Å²) in [5.41, 5.74) is 7.69. The molecule has 6 heterocycles. The molecule has 736 valence electrons. The van der Waals surface area contributed by atoms with E-state index in [0.717, 1.165) is 161 Å². The molecule has 7 fully saturated rings. The number of aromatic nitrogens is 1. The lowest BCUT2D eigenvalue weighted by Crippen LogP contribution is -2.59. The molecule has 9 rings (SSSR count). The highest BCUT2D eigenvalue weighted by atomic mass is 79.9. The Morgan fingerprint density at radius 2 is 1.02 bits per heavy atom. The number of hydrogen-bond donors (Lipinski definition) is 9. The molecule has 122 heavy (non-hydrogen) atoms. The molecular weight excluding hydrogens is 1660 g/mol.